The fraction of sp³-hybridized carbons (Fsp3) is 0.688. The predicted molar refractivity (Wildman–Crippen MR) is 85.1 cm³/mol. The van der Waals surface area contributed by atoms with Crippen molar-refractivity contribution in [2.45, 2.75) is 52.4 Å². The Kier molecular flexibility index (Phi) is 5.00. The van der Waals surface area contributed by atoms with Gasteiger partial charge in [0.1, 0.15) is 5.82 Å². The van der Waals surface area contributed by atoms with Crippen LogP contribution in [0.4, 0.5) is 5.82 Å². The summed E-state index contributed by atoms with van der Waals surface area (Å²) < 4.78 is 0. The number of anilines is 1. The molecule has 2 unspecified atom stereocenters. The third kappa shape index (κ3) is 3.93. The number of nitrogens with zero attached hydrogens (tertiary/aromatic N) is 3. The zero-order valence-corrected chi connectivity index (χ0v) is 13.4. The first-order valence-corrected chi connectivity index (χ1v) is 7.62. The van der Waals surface area contributed by atoms with Crippen LogP contribution in [0.25, 0.3) is 0 Å². The Labute approximate surface area is 123 Å². The van der Waals surface area contributed by atoms with E-state index in [1.54, 1.807) is 0 Å². The molecule has 0 spiro atoms. The zero-order chi connectivity index (χ0) is 14.7. The molecule has 1 saturated heterocycles. The van der Waals surface area contributed by atoms with Gasteiger partial charge in [0.25, 0.3) is 0 Å². The third-order valence-corrected chi connectivity index (χ3v) is 3.98. The van der Waals surface area contributed by atoms with E-state index in [4.69, 9.17) is 0 Å². The molecule has 2 rings (SSSR count). The van der Waals surface area contributed by atoms with Crippen LogP contribution in [-0.4, -0.2) is 48.1 Å². The number of pyridine rings is 1. The van der Waals surface area contributed by atoms with Crippen LogP contribution >= 0.6 is 0 Å². The SMILES string of the molecule is CC1CN(Cc2ccc(N(C)C(C)C)nc2)CC(C)N1. The first kappa shape index (κ1) is 15.3. The molecule has 1 N–H and O–H groups in total. The van der Waals surface area contributed by atoms with Crippen molar-refractivity contribution in [1.82, 2.24) is 15.2 Å². The van der Waals surface area contributed by atoms with Crippen molar-refractivity contribution in [3.05, 3.63) is 23.9 Å². The van der Waals surface area contributed by atoms with Crippen LogP contribution in [0, 0.1) is 0 Å². The van der Waals surface area contributed by atoms with E-state index in [0.29, 0.717) is 18.1 Å². The Balaban J connectivity index is 1.97. The van der Waals surface area contributed by atoms with Gasteiger partial charge < -0.3 is 10.2 Å². The van der Waals surface area contributed by atoms with Crippen LogP contribution in [0.15, 0.2) is 18.3 Å². The second-order valence-electron chi connectivity index (χ2n) is 6.39. The summed E-state index contributed by atoms with van der Waals surface area (Å²) in [4.78, 5) is 9.29. The van der Waals surface area contributed by atoms with Gasteiger partial charge in [-0.3, -0.25) is 4.90 Å². The molecule has 4 nitrogen and oxygen atoms in total. The molecule has 1 aliphatic heterocycles. The molecule has 1 aliphatic rings. The van der Waals surface area contributed by atoms with Crippen LogP contribution in [-0.2, 0) is 6.54 Å². The molecule has 1 fully saturated rings. The molecule has 1 aromatic rings. The van der Waals surface area contributed by atoms with Crippen LogP contribution < -0.4 is 10.2 Å². The van der Waals surface area contributed by atoms with Gasteiger partial charge in [0.2, 0.25) is 0 Å². The van der Waals surface area contributed by atoms with Gasteiger partial charge in [0.05, 0.1) is 0 Å². The zero-order valence-electron chi connectivity index (χ0n) is 13.4. The second-order valence-corrected chi connectivity index (χ2v) is 6.39. The number of hydrogen-bond donors (Lipinski definition) is 1. The quantitative estimate of drug-likeness (QED) is 0.912. The summed E-state index contributed by atoms with van der Waals surface area (Å²) in [7, 11) is 2.09. The minimum absolute atomic E-state index is 0.475. The van der Waals surface area contributed by atoms with E-state index in [-0.39, 0.29) is 0 Å². The lowest BCUT2D eigenvalue weighted by molar-refractivity contribution is 0.166. The van der Waals surface area contributed by atoms with E-state index >= 15 is 0 Å². The Morgan fingerprint density at radius 2 is 1.95 bits per heavy atom. The largest absolute Gasteiger partial charge is 0.357 e. The third-order valence-electron chi connectivity index (χ3n) is 3.98. The summed E-state index contributed by atoms with van der Waals surface area (Å²) in [6, 6.07) is 5.95. The predicted octanol–water partition coefficient (Wildman–Crippen LogP) is 2.11. The monoisotopic (exact) mass is 276 g/mol. The molecule has 2 heterocycles. The maximum Gasteiger partial charge on any atom is 0.128 e. The summed E-state index contributed by atoms with van der Waals surface area (Å²) in [6.07, 6.45) is 2.02. The van der Waals surface area contributed by atoms with Crippen LogP contribution in [0.5, 0.6) is 0 Å². The normalized spacial score (nSPS) is 24.1. The minimum Gasteiger partial charge on any atom is -0.357 e. The van der Waals surface area contributed by atoms with Crippen LogP contribution in [0.3, 0.4) is 0 Å². The lowest BCUT2D eigenvalue weighted by atomic mass is 10.1. The highest BCUT2D eigenvalue weighted by Gasteiger charge is 2.20. The van der Waals surface area contributed by atoms with Crippen molar-refractivity contribution in [2.24, 2.45) is 0 Å². The highest BCUT2D eigenvalue weighted by atomic mass is 15.2. The van der Waals surface area contributed by atoms with E-state index in [2.05, 4.69) is 67.0 Å². The summed E-state index contributed by atoms with van der Waals surface area (Å²) in [6.45, 7) is 12.1. The molecule has 0 aromatic carbocycles. The van der Waals surface area contributed by atoms with Crippen molar-refractivity contribution in [1.29, 1.82) is 0 Å². The molecule has 112 valence electrons. The van der Waals surface area contributed by atoms with Crippen LogP contribution in [0.1, 0.15) is 33.3 Å². The molecule has 0 amide bonds. The molecule has 0 bridgehead atoms. The van der Waals surface area contributed by atoms with E-state index in [0.717, 1.165) is 25.5 Å². The van der Waals surface area contributed by atoms with Gasteiger partial charge in [-0.2, -0.15) is 0 Å². The standard InChI is InChI=1S/C16H28N4/c1-12(2)19(5)16-7-6-15(8-17-16)11-20-9-13(3)18-14(4)10-20/h6-8,12-14,18H,9-11H2,1-5H3. The van der Waals surface area contributed by atoms with E-state index < -0.39 is 0 Å². The van der Waals surface area contributed by atoms with Gasteiger partial charge in [0.15, 0.2) is 0 Å². The number of hydrogen-bond acceptors (Lipinski definition) is 4. The first-order valence-electron chi connectivity index (χ1n) is 7.62. The van der Waals surface area contributed by atoms with Gasteiger partial charge in [-0.1, -0.05) is 6.07 Å². The van der Waals surface area contributed by atoms with Crippen LogP contribution in [0.2, 0.25) is 0 Å². The molecule has 4 heteroatoms. The van der Waals surface area contributed by atoms with Gasteiger partial charge in [-0.15, -0.1) is 0 Å². The average Bonchev–Trinajstić information content (AvgIpc) is 2.37. The topological polar surface area (TPSA) is 31.4 Å². The average molecular weight is 276 g/mol. The molecule has 0 saturated carbocycles. The smallest absolute Gasteiger partial charge is 0.128 e. The van der Waals surface area contributed by atoms with Crippen molar-refractivity contribution < 1.29 is 0 Å². The van der Waals surface area contributed by atoms with Gasteiger partial charge >= 0.3 is 0 Å². The fourth-order valence-electron chi connectivity index (χ4n) is 2.81. The van der Waals surface area contributed by atoms with Gasteiger partial charge in [-0.05, 0) is 39.3 Å². The van der Waals surface area contributed by atoms with Gasteiger partial charge in [0, 0.05) is 51.0 Å². The Morgan fingerprint density at radius 1 is 1.30 bits per heavy atom. The molecular weight excluding hydrogens is 248 g/mol. The maximum absolute atomic E-state index is 4.59. The fourth-order valence-corrected chi connectivity index (χ4v) is 2.81. The number of rotatable bonds is 4. The van der Waals surface area contributed by atoms with Crippen molar-refractivity contribution in [2.75, 3.05) is 25.0 Å². The van der Waals surface area contributed by atoms with E-state index in [1.807, 2.05) is 6.20 Å². The highest BCUT2D eigenvalue weighted by molar-refractivity contribution is 5.39. The summed E-state index contributed by atoms with van der Waals surface area (Å²) >= 11 is 0. The second kappa shape index (κ2) is 6.55. The first-order chi connectivity index (χ1) is 9.45. The van der Waals surface area contributed by atoms with Crippen molar-refractivity contribution >= 4 is 5.82 Å². The summed E-state index contributed by atoms with van der Waals surface area (Å²) in [5.74, 6) is 1.05. The summed E-state index contributed by atoms with van der Waals surface area (Å²) in [5, 5.41) is 3.57. The molecule has 0 radical (unpaired) electrons. The lowest BCUT2D eigenvalue weighted by Gasteiger charge is -2.36. The van der Waals surface area contributed by atoms with E-state index in [1.165, 1.54) is 5.56 Å². The lowest BCUT2D eigenvalue weighted by Crippen LogP contribution is -2.53. The molecule has 2 atom stereocenters. The highest BCUT2D eigenvalue weighted by Crippen LogP contribution is 2.14. The molecule has 20 heavy (non-hydrogen) atoms. The maximum atomic E-state index is 4.59. The molecule has 0 aliphatic carbocycles. The molecular formula is C16H28N4. The van der Waals surface area contributed by atoms with Gasteiger partial charge in [-0.25, -0.2) is 4.98 Å². The Bertz CT molecular complexity index is 405. The van der Waals surface area contributed by atoms with Crippen molar-refractivity contribution in [3.63, 3.8) is 0 Å². The Morgan fingerprint density at radius 3 is 2.45 bits per heavy atom. The minimum atomic E-state index is 0.475. The number of aromatic nitrogens is 1. The number of nitrogens with one attached hydrogen (secondary N) is 1. The van der Waals surface area contributed by atoms with Crippen molar-refractivity contribution in [3.8, 4) is 0 Å². The summed E-state index contributed by atoms with van der Waals surface area (Å²) in [5.41, 5.74) is 1.30. The molecule has 1 aromatic heterocycles. The number of piperazine rings is 1. The van der Waals surface area contributed by atoms with E-state index in [9.17, 15) is 0 Å². The Hall–Kier alpha value is -1.13.